The summed E-state index contributed by atoms with van der Waals surface area (Å²) in [6, 6.07) is 1.67. The molecule has 1 aliphatic heterocycles. The molecule has 1 saturated heterocycles. The molecule has 3 rings (SSSR count). The van der Waals surface area contributed by atoms with Crippen LogP contribution in [0.5, 0.6) is 0 Å². The summed E-state index contributed by atoms with van der Waals surface area (Å²) >= 11 is 0. The zero-order chi connectivity index (χ0) is 14.8. The molecule has 0 radical (unpaired) electrons. The fourth-order valence-corrected chi connectivity index (χ4v) is 4.42. The Labute approximate surface area is 132 Å². The smallest absolute Gasteiger partial charge is 0.0198 e. The van der Waals surface area contributed by atoms with Gasteiger partial charge < -0.3 is 5.32 Å². The van der Waals surface area contributed by atoms with Crippen molar-refractivity contribution in [3.05, 3.63) is 0 Å². The van der Waals surface area contributed by atoms with Gasteiger partial charge in [-0.25, -0.2) is 0 Å². The first-order valence-corrected chi connectivity index (χ1v) is 9.57. The maximum atomic E-state index is 3.88. The van der Waals surface area contributed by atoms with Gasteiger partial charge in [0.1, 0.15) is 0 Å². The standard InChI is InChI=1S/C19H36N2/c1-14(2)6-7-20-18-11-17(10-16-4-5-16)12-21(13-18)19-8-15(3)9-19/h14-20H,4-13H2,1-3H3. The van der Waals surface area contributed by atoms with Crippen molar-refractivity contribution in [1.29, 1.82) is 0 Å². The zero-order valence-electron chi connectivity index (χ0n) is 14.5. The van der Waals surface area contributed by atoms with E-state index < -0.39 is 0 Å². The number of rotatable bonds is 7. The molecule has 0 aromatic heterocycles. The highest BCUT2D eigenvalue weighted by atomic mass is 15.2. The first kappa shape index (κ1) is 15.8. The number of likely N-dealkylation sites (tertiary alicyclic amines) is 1. The van der Waals surface area contributed by atoms with Crippen LogP contribution in [0.3, 0.4) is 0 Å². The zero-order valence-corrected chi connectivity index (χ0v) is 14.5. The minimum atomic E-state index is 0.761. The van der Waals surface area contributed by atoms with E-state index in [4.69, 9.17) is 0 Å². The molecule has 3 aliphatic rings. The third-order valence-electron chi connectivity index (χ3n) is 5.95. The van der Waals surface area contributed by atoms with E-state index in [2.05, 4.69) is 31.0 Å². The summed E-state index contributed by atoms with van der Waals surface area (Å²) in [5.74, 6) is 3.86. The highest BCUT2D eigenvalue weighted by Crippen LogP contribution is 2.40. The van der Waals surface area contributed by atoms with Gasteiger partial charge in [0, 0.05) is 25.2 Å². The molecule has 122 valence electrons. The second-order valence-corrected chi connectivity index (χ2v) is 8.80. The van der Waals surface area contributed by atoms with E-state index in [1.54, 1.807) is 0 Å². The lowest BCUT2D eigenvalue weighted by atomic mass is 9.78. The van der Waals surface area contributed by atoms with Crippen LogP contribution in [0.4, 0.5) is 0 Å². The number of nitrogens with one attached hydrogen (secondary N) is 1. The molecule has 0 amide bonds. The van der Waals surface area contributed by atoms with E-state index >= 15 is 0 Å². The van der Waals surface area contributed by atoms with Gasteiger partial charge in [-0.2, -0.15) is 0 Å². The fourth-order valence-electron chi connectivity index (χ4n) is 4.42. The second-order valence-electron chi connectivity index (χ2n) is 8.80. The van der Waals surface area contributed by atoms with Crippen LogP contribution in [-0.2, 0) is 0 Å². The van der Waals surface area contributed by atoms with Crippen LogP contribution in [0.25, 0.3) is 0 Å². The molecule has 2 heteroatoms. The Hall–Kier alpha value is -0.0800. The summed E-state index contributed by atoms with van der Waals surface area (Å²) in [4.78, 5) is 2.85. The van der Waals surface area contributed by atoms with Gasteiger partial charge in [-0.1, -0.05) is 33.6 Å². The molecule has 0 aromatic carbocycles. The molecule has 1 heterocycles. The van der Waals surface area contributed by atoms with Crippen LogP contribution in [-0.4, -0.2) is 36.6 Å². The minimum absolute atomic E-state index is 0.761. The van der Waals surface area contributed by atoms with Crippen molar-refractivity contribution < 1.29 is 0 Å². The monoisotopic (exact) mass is 292 g/mol. The molecule has 21 heavy (non-hydrogen) atoms. The van der Waals surface area contributed by atoms with Gasteiger partial charge in [-0.05, 0) is 62.3 Å². The first-order chi connectivity index (χ1) is 10.1. The quantitative estimate of drug-likeness (QED) is 0.765. The highest BCUT2D eigenvalue weighted by molar-refractivity contribution is 4.93. The topological polar surface area (TPSA) is 15.3 Å². The van der Waals surface area contributed by atoms with Gasteiger partial charge in [0.2, 0.25) is 0 Å². The van der Waals surface area contributed by atoms with Gasteiger partial charge in [0.25, 0.3) is 0 Å². The van der Waals surface area contributed by atoms with Crippen molar-refractivity contribution in [3.63, 3.8) is 0 Å². The van der Waals surface area contributed by atoms with Crippen molar-refractivity contribution in [2.24, 2.45) is 23.7 Å². The van der Waals surface area contributed by atoms with Crippen LogP contribution >= 0.6 is 0 Å². The van der Waals surface area contributed by atoms with E-state index in [1.807, 2.05) is 0 Å². The largest absolute Gasteiger partial charge is 0.313 e. The Balaban J connectivity index is 1.49. The second kappa shape index (κ2) is 7.00. The number of nitrogens with zero attached hydrogens (tertiary/aromatic N) is 1. The van der Waals surface area contributed by atoms with Gasteiger partial charge in [0.05, 0.1) is 0 Å². The van der Waals surface area contributed by atoms with Crippen molar-refractivity contribution in [1.82, 2.24) is 10.2 Å². The van der Waals surface area contributed by atoms with E-state index in [1.165, 1.54) is 64.6 Å². The van der Waals surface area contributed by atoms with E-state index in [-0.39, 0.29) is 0 Å². The average molecular weight is 293 g/mol. The number of piperidine rings is 1. The maximum absolute atomic E-state index is 3.88. The summed E-state index contributed by atoms with van der Waals surface area (Å²) in [6.45, 7) is 11.0. The maximum Gasteiger partial charge on any atom is 0.0198 e. The molecular formula is C19H36N2. The molecule has 2 aliphatic carbocycles. The predicted octanol–water partition coefficient (Wildman–Crippen LogP) is 3.91. The first-order valence-electron chi connectivity index (χ1n) is 9.57. The average Bonchev–Trinajstić information content (AvgIpc) is 3.18. The van der Waals surface area contributed by atoms with Crippen molar-refractivity contribution in [2.45, 2.75) is 77.8 Å². The third kappa shape index (κ3) is 4.69. The van der Waals surface area contributed by atoms with Crippen molar-refractivity contribution in [3.8, 4) is 0 Å². The lowest BCUT2D eigenvalue weighted by Crippen LogP contribution is -2.55. The Morgan fingerprint density at radius 1 is 1.05 bits per heavy atom. The van der Waals surface area contributed by atoms with Gasteiger partial charge in [-0.3, -0.25) is 4.90 Å². The van der Waals surface area contributed by atoms with E-state index in [9.17, 15) is 0 Å². The molecule has 0 bridgehead atoms. The molecule has 1 N–H and O–H groups in total. The van der Waals surface area contributed by atoms with Gasteiger partial charge in [-0.15, -0.1) is 0 Å². The summed E-state index contributed by atoms with van der Waals surface area (Å²) in [6.07, 6.45) is 10.2. The summed E-state index contributed by atoms with van der Waals surface area (Å²) < 4.78 is 0. The van der Waals surface area contributed by atoms with Crippen molar-refractivity contribution in [2.75, 3.05) is 19.6 Å². The third-order valence-corrected chi connectivity index (χ3v) is 5.95. The van der Waals surface area contributed by atoms with Gasteiger partial charge >= 0.3 is 0 Å². The van der Waals surface area contributed by atoms with E-state index in [0.717, 1.165) is 35.8 Å². The van der Waals surface area contributed by atoms with Crippen LogP contribution < -0.4 is 5.32 Å². The normalized spacial score (nSPS) is 37.7. The Bertz CT molecular complexity index is 318. The van der Waals surface area contributed by atoms with E-state index in [0.29, 0.717) is 0 Å². The van der Waals surface area contributed by atoms with Crippen LogP contribution in [0.1, 0.15) is 65.7 Å². The Morgan fingerprint density at radius 2 is 1.81 bits per heavy atom. The predicted molar refractivity (Wildman–Crippen MR) is 90.5 cm³/mol. The minimum Gasteiger partial charge on any atom is -0.313 e. The molecule has 2 atom stereocenters. The molecule has 2 saturated carbocycles. The summed E-state index contributed by atoms with van der Waals surface area (Å²) in [5, 5.41) is 3.88. The number of hydrogen-bond donors (Lipinski definition) is 1. The van der Waals surface area contributed by atoms with Crippen molar-refractivity contribution >= 4 is 0 Å². The molecule has 0 spiro atoms. The highest BCUT2D eigenvalue weighted by Gasteiger charge is 2.37. The van der Waals surface area contributed by atoms with Gasteiger partial charge in [0.15, 0.2) is 0 Å². The van der Waals surface area contributed by atoms with Crippen LogP contribution in [0.2, 0.25) is 0 Å². The summed E-state index contributed by atoms with van der Waals surface area (Å²) in [5.41, 5.74) is 0. The molecule has 0 aromatic rings. The lowest BCUT2D eigenvalue weighted by Gasteiger charge is -2.48. The fraction of sp³-hybridized carbons (Fsp3) is 1.00. The molecular weight excluding hydrogens is 256 g/mol. The number of hydrogen-bond acceptors (Lipinski definition) is 2. The molecule has 3 fully saturated rings. The Morgan fingerprint density at radius 3 is 2.43 bits per heavy atom. The van der Waals surface area contributed by atoms with Crippen LogP contribution in [0, 0.1) is 23.7 Å². The summed E-state index contributed by atoms with van der Waals surface area (Å²) in [7, 11) is 0. The molecule has 2 nitrogen and oxygen atoms in total. The lowest BCUT2D eigenvalue weighted by molar-refractivity contribution is 0.0307. The molecule has 2 unspecified atom stereocenters. The Kier molecular flexibility index (Phi) is 5.27. The SMILES string of the molecule is CC(C)CCNC1CC(CC2CC2)CN(C2CC(C)C2)C1. The van der Waals surface area contributed by atoms with Crippen LogP contribution in [0.15, 0.2) is 0 Å².